The Kier molecular flexibility index (Phi) is 4.38. The summed E-state index contributed by atoms with van der Waals surface area (Å²) < 4.78 is 15.9. The van der Waals surface area contributed by atoms with Gasteiger partial charge in [0.05, 0.1) is 20.3 Å². The van der Waals surface area contributed by atoms with Crippen LogP contribution in [0.3, 0.4) is 0 Å². The van der Waals surface area contributed by atoms with Crippen LogP contribution in [0.1, 0.15) is 13.8 Å². The predicted octanol–water partition coefficient (Wildman–Crippen LogP) is 2.93. The highest BCUT2D eigenvalue weighted by Gasteiger charge is 2.15. The van der Waals surface area contributed by atoms with Gasteiger partial charge >= 0.3 is 0 Å². The van der Waals surface area contributed by atoms with E-state index in [4.69, 9.17) is 14.2 Å². The van der Waals surface area contributed by atoms with E-state index in [0.717, 1.165) is 22.7 Å². The highest BCUT2D eigenvalue weighted by atomic mass is 16.5. The average molecular weight is 222 g/mol. The molecule has 1 heterocycles. The molecule has 1 rings (SSSR count). The van der Waals surface area contributed by atoms with E-state index in [0.29, 0.717) is 19.0 Å². The lowest BCUT2D eigenvalue weighted by molar-refractivity contribution is 0.211. The van der Waals surface area contributed by atoms with E-state index in [1.54, 1.807) is 13.2 Å². The molecule has 3 heteroatoms. The van der Waals surface area contributed by atoms with Crippen molar-refractivity contribution >= 4 is 0 Å². The fourth-order valence-electron chi connectivity index (χ4n) is 1.43. The van der Waals surface area contributed by atoms with Crippen LogP contribution < -0.4 is 0 Å². The molecule has 88 valence electrons. The van der Waals surface area contributed by atoms with Crippen LogP contribution in [0.4, 0.5) is 0 Å². The van der Waals surface area contributed by atoms with Gasteiger partial charge in [0.2, 0.25) is 0 Å². The van der Waals surface area contributed by atoms with Crippen LogP contribution in [0.25, 0.3) is 0 Å². The first-order valence-electron chi connectivity index (χ1n) is 5.09. The quantitative estimate of drug-likeness (QED) is 0.540. The fraction of sp³-hybridized carbons (Fsp3) is 0.385. The molecule has 16 heavy (non-hydrogen) atoms. The molecule has 0 atom stereocenters. The van der Waals surface area contributed by atoms with Gasteiger partial charge in [-0.2, -0.15) is 0 Å². The van der Waals surface area contributed by atoms with Crippen molar-refractivity contribution in [1.29, 1.82) is 0 Å². The molecule has 0 aromatic rings. The lowest BCUT2D eigenvalue weighted by atomic mass is 10.1. The van der Waals surface area contributed by atoms with E-state index in [1.165, 1.54) is 0 Å². The Bertz CT molecular complexity index is 361. The standard InChI is InChI=1S/C13H18O3/c1-9-7-15-8-13(9)12(4)16-11(3)6-10(2)14-5/h6H,1-2,7-8H2,3-5H3/b11-6+,13-12+. The van der Waals surface area contributed by atoms with E-state index in [-0.39, 0.29) is 0 Å². The minimum atomic E-state index is 0.566. The number of hydrogen-bond acceptors (Lipinski definition) is 3. The highest BCUT2D eigenvalue weighted by molar-refractivity contribution is 5.34. The largest absolute Gasteiger partial charge is 0.497 e. The maximum absolute atomic E-state index is 5.64. The van der Waals surface area contributed by atoms with Crippen LogP contribution in [0, 0.1) is 0 Å². The smallest absolute Gasteiger partial charge is 0.115 e. The van der Waals surface area contributed by atoms with Crippen molar-refractivity contribution in [1.82, 2.24) is 0 Å². The highest BCUT2D eigenvalue weighted by Crippen LogP contribution is 2.22. The molecule has 0 unspecified atom stereocenters. The van der Waals surface area contributed by atoms with E-state index in [1.807, 2.05) is 13.8 Å². The van der Waals surface area contributed by atoms with Crippen molar-refractivity contribution in [2.75, 3.05) is 20.3 Å². The molecule has 0 aromatic carbocycles. The van der Waals surface area contributed by atoms with E-state index in [2.05, 4.69) is 13.2 Å². The molecule has 0 aromatic heterocycles. The summed E-state index contributed by atoms with van der Waals surface area (Å²) in [6.07, 6.45) is 1.74. The van der Waals surface area contributed by atoms with Crippen LogP contribution in [-0.2, 0) is 14.2 Å². The van der Waals surface area contributed by atoms with Gasteiger partial charge in [0.15, 0.2) is 0 Å². The lowest BCUT2D eigenvalue weighted by Crippen LogP contribution is -1.95. The van der Waals surface area contributed by atoms with Crippen LogP contribution >= 0.6 is 0 Å². The zero-order valence-electron chi connectivity index (χ0n) is 10.1. The van der Waals surface area contributed by atoms with Crippen LogP contribution in [0.15, 0.2) is 47.7 Å². The molecule has 1 saturated heterocycles. The summed E-state index contributed by atoms with van der Waals surface area (Å²) in [5, 5.41) is 0. The Hall–Kier alpha value is -1.48. The van der Waals surface area contributed by atoms with Gasteiger partial charge in [0, 0.05) is 11.6 Å². The number of allylic oxidation sites excluding steroid dienone is 3. The van der Waals surface area contributed by atoms with Crippen molar-refractivity contribution in [2.24, 2.45) is 0 Å². The second-order valence-electron chi connectivity index (χ2n) is 3.66. The molecule has 3 nitrogen and oxygen atoms in total. The Morgan fingerprint density at radius 3 is 2.56 bits per heavy atom. The third-order valence-corrected chi connectivity index (χ3v) is 2.31. The minimum absolute atomic E-state index is 0.566. The first-order chi connectivity index (χ1) is 7.54. The summed E-state index contributed by atoms with van der Waals surface area (Å²) in [6, 6.07) is 0. The minimum Gasteiger partial charge on any atom is -0.497 e. The van der Waals surface area contributed by atoms with Gasteiger partial charge in [0.25, 0.3) is 0 Å². The van der Waals surface area contributed by atoms with Gasteiger partial charge in [-0.3, -0.25) is 0 Å². The molecule has 0 spiro atoms. The van der Waals surface area contributed by atoms with E-state index >= 15 is 0 Å². The number of methoxy groups -OCH3 is 1. The third kappa shape index (κ3) is 3.28. The van der Waals surface area contributed by atoms with Gasteiger partial charge < -0.3 is 14.2 Å². The molecule has 1 fully saturated rings. The summed E-state index contributed by atoms with van der Waals surface area (Å²) in [7, 11) is 1.57. The van der Waals surface area contributed by atoms with Crippen LogP contribution in [0.2, 0.25) is 0 Å². The molecule has 0 aliphatic carbocycles. The molecule has 0 saturated carbocycles. The summed E-state index contributed by atoms with van der Waals surface area (Å²) in [5.74, 6) is 2.12. The molecule has 1 aliphatic heterocycles. The number of hydrogen-bond donors (Lipinski definition) is 0. The monoisotopic (exact) mass is 222 g/mol. The van der Waals surface area contributed by atoms with Gasteiger partial charge in [-0.15, -0.1) is 0 Å². The summed E-state index contributed by atoms with van der Waals surface area (Å²) in [5.41, 5.74) is 2.02. The first-order valence-corrected chi connectivity index (χ1v) is 5.09. The zero-order valence-corrected chi connectivity index (χ0v) is 10.1. The van der Waals surface area contributed by atoms with Crippen LogP contribution in [-0.4, -0.2) is 20.3 Å². The Morgan fingerprint density at radius 2 is 2.06 bits per heavy atom. The molecule has 0 radical (unpaired) electrons. The van der Waals surface area contributed by atoms with Gasteiger partial charge in [0.1, 0.15) is 17.3 Å². The molecular weight excluding hydrogens is 204 g/mol. The van der Waals surface area contributed by atoms with Gasteiger partial charge in [-0.1, -0.05) is 13.2 Å². The second kappa shape index (κ2) is 5.56. The Balaban J connectivity index is 2.70. The van der Waals surface area contributed by atoms with Crippen molar-refractivity contribution in [2.45, 2.75) is 13.8 Å². The fourth-order valence-corrected chi connectivity index (χ4v) is 1.43. The summed E-state index contributed by atoms with van der Waals surface area (Å²) in [6.45, 7) is 12.5. The second-order valence-corrected chi connectivity index (χ2v) is 3.66. The maximum Gasteiger partial charge on any atom is 0.115 e. The SMILES string of the molecule is C=C(/C=C(\C)O/C(C)=C1\COCC1=C)OC. The summed E-state index contributed by atoms with van der Waals surface area (Å²) in [4.78, 5) is 0. The van der Waals surface area contributed by atoms with Crippen LogP contribution in [0.5, 0.6) is 0 Å². The number of ether oxygens (including phenoxy) is 3. The van der Waals surface area contributed by atoms with Crippen molar-refractivity contribution in [3.8, 4) is 0 Å². The average Bonchev–Trinajstić information content (AvgIpc) is 2.63. The predicted molar refractivity (Wildman–Crippen MR) is 63.7 cm³/mol. The normalized spacial score (nSPS) is 19.7. The Labute approximate surface area is 96.7 Å². The third-order valence-electron chi connectivity index (χ3n) is 2.31. The molecule has 0 bridgehead atoms. The molecule has 0 N–H and O–H groups in total. The molecule has 1 aliphatic rings. The van der Waals surface area contributed by atoms with E-state index < -0.39 is 0 Å². The van der Waals surface area contributed by atoms with Crippen molar-refractivity contribution < 1.29 is 14.2 Å². The van der Waals surface area contributed by atoms with Gasteiger partial charge in [-0.05, 0) is 19.4 Å². The van der Waals surface area contributed by atoms with Gasteiger partial charge in [-0.25, -0.2) is 0 Å². The lowest BCUT2D eigenvalue weighted by Gasteiger charge is -2.09. The number of rotatable bonds is 4. The maximum atomic E-state index is 5.64. The van der Waals surface area contributed by atoms with Crippen molar-refractivity contribution in [3.05, 3.63) is 47.7 Å². The molecule has 0 amide bonds. The zero-order chi connectivity index (χ0) is 12.1. The molecular formula is C13H18O3. The topological polar surface area (TPSA) is 27.7 Å². The summed E-state index contributed by atoms with van der Waals surface area (Å²) >= 11 is 0. The first kappa shape index (κ1) is 12.6. The Morgan fingerprint density at radius 1 is 1.38 bits per heavy atom. The van der Waals surface area contributed by atoms with E-state index in [9.17, 15) is 0 Å². The van der Waals surface area contributed by atoms with Crippen molar-refractivity contribution in [3.63, 3.8) is 0 Å².